The van der Waals surface area contributed by atoms with E-state index in [1.165, 1.54) is 39.3 Å². The van der Waals surface area contributed by atoms with Gasteiger partial charge in [-0.3, -0.25) is 19.7 Å². The molecule has 2 amide bonds. The van der Waals surface area contributed by atoms with Gasteiger partial charge < -0.3 is 24.8 Å². The number of carbonyl (C=O) groups is 3. The fourth-order valence-corrected chi connectivity index (χ4v) is 2.68. The van der Waals surface area contributed by atoms with E-state index in [1.54, 1.807) is 0 Å². The second kappa shape index (κ2) is 10.3. The summed E-state index contributed by atoms with van der Waals surface area (Å²) in [5.74, 6) is -1.59. The van der Waals surface area contributed by atoms with Crippen molar-refractivity contribution in [3.8, 4) is 11.5 Å². The molecule has 2 N–H and O–H groups in total. The molecule has 0 aliphatic carbocycles. The highest BCUT2D eigenvalue weighted by molar-refractivity contribution is 6.34. The first-order chi connectivity index (χ1) is 14.7. The molecule has 0 radical (unpaired) electrons. The van der Waals surface area contributed by atoms with Crippen LogP contribution in [0.1, 0.15) is 17.3 Å². The number of halogens is 1. The summed E-state index contributed by atoms with van der Waals surface area (Å²) >= 11 is 5.91. The third kappa shape index (κ3) is 6.06. The molecule has 0 fully saturated rings. The van der Waals surface area contributed by atoms with Crippen LogP contribution in [0.5, 0.6) is 11.5 Å². The lowest BCUT2D eigenvalue weighted by atomic mass is 10.1. The number of hydrogen-bond acceptors (Lipinski definition) is 8. The van der Waals surface area contributed by atoms with Crippen molar-refractivity contribution >= 4 is 46.4 Å². The average Bonchev–Trinajstić information content (AvgIpc) is 2.72. The molecule has 164 valence electrons. The van der Waals surface area contributed by atoms with Gasteiger partial charge in [-0.25, -0.2) is 4.79 Å². The van der Waals surface area contributed by atoms with Gasteiger partial charge in [-0.2, -0.15) is 0 Å². The normalized spacial score (nSPS) is 10.1. The lowest BCUT2D eigenvalue weighted by molar-refractivity contribution is -0.384. The number of nitro benzene ring substituents is 1. The largest absolute Gasteiger partial charge is 0.493 e. The van der Waals surface area contributed by atoms with Crippen molar-refractivity contribution in [1.29, 1.82) is 0 Å². The van der Waals surface area contributed by atoms with Crippen molar-refractivity contribution in [1.82, 2.24) is 0 Å². The van der Waals surface area contributed by atoms with E-state index in [1.807, 2.05) is 0 Å². The summed E-state index contributed by atoms with van der Waals surface area (Å²) in [4.78, 5) is 46.2. The van der Waals surface area contributed by atoms with Gasteiger partial charge in [0.2, 0.25) is 5.91 Å². The topological polar surface area (TPSA) is 146 Å². The molecule has 2 rings (SSSR count). The number of rotatable bonds is 8. The first kappa shape index (κ1) is 23.4. The van der Waals surface area contributed by atoms with Crippen molar-refractivity contribution in [2.45, 2.75) is 6.92 Å². The molecule has 0 unspecified atom stereocenters. The zero-order valence-corrected chi connectivity index (χ0v) is 17.4. The van der Waals surface area contributed by atoms with E-state index in [0.29, 0.717) is 0 Å². The number of nitrogens with one attached hydrogen (secondary N) is 2. The fourth-order valence-electron chi connectivity index (χ4n) is 2.46. The van der Waals surface area contributed by atoms with Crippen molar-refractivity contribution in [3.63, 3.8) is 0 Å². The van der Waals surface area contributed by atoms with Crippen LogP contribution in [0.3, 0.4) is 0 Å². The number of amides is 2. The summed E-state index contributed by atoms with van der Waals surface area (Å²) in [7, 11) is 2.76. The van der Waals surface area contributed by atoms with Crippen LogP contribution in [-0.2, 0) is 14.3 Å². The lowest BCUT2D eigenvalue weighted by Crippen LogP contribution is -2.22. The van der Waals surface area contributed by atoms with Crippen molar-refractivity contribution in [2.75, 3.05) is 31.5 Å². The molecule has 0 saturated carbocycles. The molecule has 11 nitrogen and oxygen atoms in total. The highest BCUT2D eigenvalue weighted by Crippen LogP contribution is 2.34. The predicted molar refractivity (Wildman–Crippen MR) is 111 cm³/mol. The van der Waals surface area contributed by atoms with E-state index in [4.69, 9.17) is 25.8 Å². The van der Waals surface area contributed by atoms with Gasteiger partial charge in [0, 0.05) is 31.2 Å². The van der Waals surface area contributed by atoms with Gasteiger partial charge in [-0.15, -0.1) is 0 Å². The number of anilines is 2. The summed E-state index contributed by atoms with van der Waals surface area (Å²) in [5, 5.41) is 15.6. The standard InChI is InChI=1S/C19H18ClN3O8/c1-10(24)21-15-8-17(30-3)16(29-2)7-12(15)19(26)31-9-18(25)22-14-5-4-11(23(27)28)6-13(14)20/h4-8H,9H2,1-3H3,(H,21,24)(H,22,25). The van der Waals surface area contributed by atoms with E-state index in [-0.39, 0.29) is 39.1 Å². The molecule has 0 spiro atoms. The van der Waals surface area contributed by atoms with Crippen LogP contribution in [0.4, 0.5) is 17.1 Å². The minimum absolute atomic E-state index is 0.0540. The zero-order chi connectivity index (χ0) is 23.1. The third-order valence-corrected chi connectivity index (χ3v) is 4.14. The number of hydrogen-bond donors (Lipinski definition) is 2. The average molecular weight is 452 g/mol. The number of ether oxygens (including phenoxy) is 3. The number of nitro groups is 1. The van der Waals surface area contributed by atoms with Crippen LogP contribution in [-0.4, -0.2) is 43.5 Å². The summed E-state index contributed by atoms with van der Waals surface area (Å²) < 4.78 is 15.3. The molecule has 0 aliphatic rings. The SMILES string of the molecule is COc1cc(NC(C)=O)c(C(=O)OCC(=O)Nc2ccc([N+](=O)[O-])cc2Cl)cc1OC. The van der Waals surface area contributed by atoms with Gasteiger partial charge in [0.05, 0.1) is 41.1 Å². The van der Waals surface area contributed by atoms with Gasteiger partial charge in [0.1, 0.15) is 0 Å². The quantitative estimate of drug-likeness (QED) is 0.353. The Morgan fingerprint density at radius 3 is 2.23 bits per heavy atom. The number of nitrogens with zero attached hydrogens (tertiary/aromatic N) is 1. The molecule has 0 atom stereocenters. The fraction of sp³-hybridized carbons (Fsp3) is 0.211. The van der Waals surface area contributed by atoms with Gasteiger partial charge in [0.25, 0.3) is 11.6 Å². The van der Waals surface area contributed by atoms with E-state index in [2.05, 4.69) is 10.6 Å². The van der Waals surface area contributed by atoms with E-state index >= 15 is 0 Å². The predicted octanol–water partition coefficient (Wildman–Crippen LogP) is 3.02. The summed E-state index contributed by atoms with van der Waals surface area (Å²) in [6, 6.07) is 6.18. The highest BCUT2D eigenvalue weighted by atomic mass is 35.5. The molecule has 31 heavy (non-hydrogen) atoms. The monoisotopic (exact) mass is 451 g/mol. The van der Waals surface area contributed by atoms with E-state index in [0.717, 1.165) is 12.1 Å². The molecule has 0 saturated heterocycles. The minimum atomic E-state index is -0.908. The molecule has 0 aromatic heterocycles. The molecule has 2 aromatic carbocycles. The summed E-state index contributed by atoms with van der Waals surface area (Å²) in [6.07, 6.45) is 0. The maximum absolute atomic E-state index is 12.5. The Bertz CT molecular complexity index is 1040. The number of benzene rings is 2. The third-order valence-electron chi connectivity index (χ3n) is 3.83. The first-order valence-electron chi connectivity index (χ1n) is 8.60. The lowest BCUT2D eigenvalue weighted by Gasteiger charge is -2.14. The Hall–Kier alpha value is -3.86. The summed E-state index contributed by atoms with van der Waals surface area (Å²) in [6.45, 7) is 0.577. The van der Waals surface area contributed by atoms with Crippen LogP contribution in [0.25, 0.3) is 0 Å². The first-order valence-corrected chi connectivity index (χ1v) is 8.98. The maximum Gasteiger partial charge on any atom is 0.340 e. The van der Waals surface area contributed by atoms with Crippen LogP contribution in [0, 0.1) is 10.1 Å². The van der Waals surface area contributed by atoms with Crippen molar-refractivity contribution < 1.29 is 33.5 Å². The Labute approximate surface area is 181 Å². The van der Waals surface area contributed by atoms with Gasteiger partial charge >= 0.3 is 5.97 Å². The van der Waals surface area contributed by atoms with Crippen LogP contribution in [0.2, 0.25) is 5.02 Å². The number of esters is 1. The Morgan fingerprint density at radius 1 is 1.03 bits per heavy atom. The Morgan fingerprint density at radius 2 is 1.68 bits per heavy atom. The summed E-state index contributed by atoms with van der Waals surface area (Å²) in [5.41, 5.74) is -0.0882. The highest BCUT2D eigenvalue weighted by Gasteiger charge is 2.20. The Kier molecular flexibility index (Phi) is 7.75. The van der Waals surface area contributed by atoms with E-state index < -0.39 is 29.3 Å². The zero-order valence-electron chi connectivity index (χ0n) is 16.7. The number of non-ortho nitro benzene ring substituents is 1. The van der Waals surface area contributed by atoms with Gasteiger partial charge in [-0.05, 0) is 6.07 Å². The maximum atomic E-state index is 12.5. The Balaban J connectivity index is 2.13. The van der Waals surface area contributed by atoms with E-state index in [9.17, 15) is 24.5 Å². The van der Waals surface area contributed by atoms with Crippen molar-refractivity contribution in [2.24, 2.45) is 0 Å². The number of carbonyl (C=O) groups excluding carboxylic acids is 3. The van der Waals surface area contributed by atoms with Gasteiger partial charge in [0.15, 0.2) is 18.1 Å². The molecule has 0 heterocycles. The minimum Gasteiger partial charge on any atom is -0.493 e. The molecular formula is C19H18ClN3O8. The molecule has 0 aliphatic heterocycles. The van der Waals surface area contributed by atoms with Crippen LogP contribution in [0.15, 0.2) is 30.3 Å². The molecule has 12 heteroatoms. The second-order valence-corrected chi connectivity index (χ2v) is 6.39. The molecule has 2 aromatic rings. The van der Waals surface area contributed by atoms with Gasteiger partial charge in [-0.1, -0.05) is 11.6 Å². The smallest absolute Gasteiger partial charge is 0.340 e. The molecule has 0 bridgehead atoms. The van der Waals surface area contributed by atoms with Crippen LogP contribution >= 0.6 is 11.6 Å². The van der Waals surface area contributed by atoms with Crippen LogP contribution < -0.4 is 20.1 Å². The molecular weight excluding hydrogens is 434 g/mol. The van der Waals surface area contributed by atoms with Crippen molar-refractivity contribution in [3.05, 3.63) is 51.0 Å². The second-order valence-electron chi connectivity index (χ2n) is 5.98. The number of methoxy groups -OCH3 is 2.